The summed E-state index contributed by atoms with van der Waals surface area (Å²) in [6.07, 6.45) is 4.00. The van der Waals surface area contributed by atoms with Gasteiger partial charge >= 0.3 is 5.97 Å². The molecule has 0 radical (unpaired) electrons. The van der Waals surface area contributed by atoms with Crippen molar-refractivity contribution < 1.29 is 36.2 Å². The van der Waals surface area contributed by atoms with Crippen LogP contribution in [0.25, 0.3) is 22.3 Å². The lowest BCUT2D eigenvalue weighted by atomic mass is 9.75. The van der Waals surface area contributed by atoms with Crippen LogP contribution in [0.4, 0.5) is 14.5 Å². The van der Waals surface area contributed by atoms with Gasteiger partial charge in [-0.3, -0.25) is 4.79 Å². The minimum atomic E-state index is -3.63. The van der Waals surface area contributed by atoms with E-state index in [1.54, 1.807) is 50.3 Å². The number of halogens is 2. The van der Waals surface area contributed by atoms with Crippen LogP contribution in [0.1, 0.15) is 75.0 Å². The molecular weight excluding hydrogens is 845 g/mol. The Balaban J connectivity index is 1.40. The summed E-state index contributed by atoms with van der Waals surface area (Å²) in [6.45, 7) is 8.03. The van der Waals surface area contributed by atoms with Gasteiger partial charge in [0.1, 0.15) is 23.1 Å². The summed E-state index contributed by atoms with van der Waals surface area (Å²) in [5.74, 6) is -0.105. The number of methoxy groups -OCH3 is 3. The van der Waals surface area contributed by atoms with Crippen molar-refractivity contribution >= 4 is 44.2 Å². The van der Waals surface area contributed by atoms with Gasteiger partial charge in [0.15, 0.2) is 21.5 Å². The molecule has 3 heterocycles. The number of hydrogen-bond donors (Lipinski definition) is 2. The molecular formula is C48H55F2N5O6S2. The largest absolute Gasteiger partial charge is 0.497 e. The van der Waals surface area contributed by atoms with Crippen LogP contribution in [-0.2, 0) is 51.2 Å². The van der Waals surface area contributed by atoms with Crippen LogP contribution in [-0.4, -0.2) is 67.0 Å². The fourth-order valence-electron chi connectivity index (χ4n) is 8.66. The Bertz CT molecular complexity index is 2770. The summed E-state index contributed by atoms with van der Waals surface area (Å²) in [6, 6.07) is 19.7. The Kier molecular flexibility index (Phi) is 13.3. The van der Waals surface area contributed by atoms with Crippen molar-refractivity contribution in [1.82, 2.24) is 19.7 Å². The predicted octanol–water partition coefficient (Wildman–Crippen LogP) is 9.85. The van der Waals surface area contributed by atoms with Crippen LogP contribution in [0.3, 0.4) is 0 Å². The molecule has 7 rings (SSSR count). The van der Waals surface area contributed by atoms with E-state index in [-0.39, 0.29) is 52.6 Å². The maximum absolute atomic E-state index is 16.8. The number of esters is 1. The zero-order valence-electron chi connectivity index (χ0n) is 37.0. The molecule has 0 unspecified atom stereocenters. The van der Waals surface area contributed by atoms with E-state index in [0.717, 1.165) is 28.5 Å². The second-order valence-electron chi connectivity index (χ2n) is 17.5. The molecule has 11 nitrogen and oxygen atoms in total. The number of carbonyl (C=O) groups excluding carboxylic acids is 1. The molecule has 6 aromatic rings. The lowest BCUT2D eigenvalue weighted by Gasteiger charge is -2.31. The third-order valence-corrected chi connectivity index (χ3v) is 15.4. The van der Waals surface area contributed by atoms with E-state index in [2.05, 4.69) is 23.3 Å². The van der Waals surface area contributed by atoms with Crippen molar-refractivity contribution in [3.8, 4) is 22.9 Å². The van der Waals surface area contributed by atoms with E-state index in [9.17, 15) is 13.2 Å². The summed E-state index contributed by atoms with van der Waals surface area (Å²) in [7, 11) is 2.59. The van der Waals surface area contributed by atoms with Gasteiger partial charge in [0.25, 0.3) is 0 Å². The quantitative estimate of drug-likeness (QED) is 0.135. The predicted molar refractivity (Wildman–Crippen MR) is 243 cm³/mol. The molecule has 1 aliphatic heterocycles. The smallest absolute Gasteiger partial charge is 0.308 e. The van der Waals surface area contributed by atoms with Gasteiger partial charge in [0.2, 0.25) is 0 Å². The van der Waals surface area contributed by atoms with Gasteiger partial charge in [-0.05, 0) is 91.1 Å². The molecule has 2 N–H and O–H groups in total. The van der Waals surface area contributed by atoms with Crippen molar-refractivity contribution in [1.29, 1.82) is 0 Å². The van der Waals surface area contributed by atoms with E-state index in [0.29, 0.717) is 70.1 Å². The van der Waals surface area contributed by atoms with Gasteiger partial charge in [-0.2, -0.15) is 5.10 Å². The minimum absolute atomic E-state index is 0.0537. The van der Waals surface area contributed by atoms with Crippen LogP contribution in [0.5, 0.6) is 11.5 Å². The molecule has 63 heavy (non-hydrogen) atoms. The number of carbonyl (C=O) groups is 1. The highest BCUT2D eigenvalue weighted by atomic mass is 32.2. The molecule has 0 spiro atoms. The van der Waals surface area contributed by atoms with Crippen LogP contribution in [0.15, 0.2) is 82.7 Å². The molecule has 4 bridgehead atoms. The molecule has 1 aliphatic rings. The summed E-state index contributed by atoms with van der Waals surface area (Å²) in [5.41, 5.74) is 2.84. The number of anilines is 1. The number of aromatic nitrogens is 4. The van der Waals surface area contributed by atoms with Crippen molar-refractivity contribution in [2.45, 2.75) is 81.5 Å². The van der Waals surface area contributed by atoms with E-state index in [4.69, 9.17) is 24.3 Å². The SMILES string of the molecule is COC(=O)[C@H](C)Cc1cccc([C@@]2(C)CCCC(C)(C)CS(=O)(=O)CCc3c(c(F)cc4[nH]ccc34)Sc3cc(c(F)cc3NCc3ccc(OC)cc3OC)-c3nc2nn3C)c1. The first-order valence-electron chi connectivity index (χ1n) is 21.0. The molecule has 0 fully saturated rings. The number of ether oxygens (including phenoxy) is 3. The molecule has 2 atom stereocenters. The monoisotopic (exact) mass is 899 g/mol. The zero-order valence-corrected chi connectivity index (χ0v) is 38.7. The Morgan fingerprint density at radius 3 is 2.54 bits per heavy atom. The first-order chi connectivity index (χ1) is 29.9. The number of nitrogens with one attached hydrogen (secondary N) is 2. The van der Waals surface area contributed by atoms with Crippen molar-refractivity contribution in [2.75, 3.05) is 38.2 Å². The number of hydrogen-bond acceptors (Lipinski definition) is 10. The lowest BCUT2D eigenvalue weighted by Crippen LogP contribution is -2.29. The fourth-order valence-corrected chi connectivity index (χ4v) is 11.8. The topological polar surface area (TPSA) is 137 Å². The number of aryl methyl sites for hydroxylation is 2. The van der Waals surface area contributed by atoms with Crippen LogP contribution >= 0.6 is 11.8 Å². The molecule has 0 amide bonds. The minimum Gasteiger partial charge on any atom is -0.497 e. The molecule has 15 heteroatoms. The van der Waals surface area contributed by atoms with Crippen molar-refractivity contribution in [2.24, 2.45) is 18.4 Å². The summed E-state index contributed by atoms with van der Waals surface area (Å²) >= 11 is 1.10. The molecule has 2 aromatic heterocycles. The van der Waals surface area contributed by atoms with Gasteiger partial charge in [-0.15, -0.1) is 0 Å². The van der Waals surface area contributed by atoms with Gasteiger partial charge < -0.3 is 24.5 Å². The second kappa shape index (κ2) is 18.4. The van der Waals surface area contributed by atoms with Crippen LogP contribution in [0.2, 0.25) is 0 Å². The van der Waals surface area contributed by atoms with Gasteiger partial charge in [-0.1, -0.05) is 63.2 Å². The van der Waals surface area contributed by atoms with Gasteiger partial charge in [-0.25, -0.2) is 26.9 Å². The Hall–Kier alpha value is -5.41. The molecule has 4 aromatic carbocycles. The molecule has 334 valence electrons. The average molecular weight is 900 g/mol. The Morgan fingerprint density at radius 2 is 1.79 bits per heavy atom. The number of aromatic amines is 1. The highest BCUT2D eigenvalue weighted by Gasteiger charge is 2.36. The Morgan fingerprint density at radius 1 is 1.00 bits per heavy atom. The maximum atomic E-state index is 16.8. The second-order valence-corrected chi connectivity index (χ2v) is 20.7. The van der Waals surface area contributed by atoms with E-state index >= 15 is 8.78 Å². The number of sulfone groups is 1. The number of benzene rings is 4. The standard InChI is InChI=1S/C48H55F2N5O6S2/c1-29(45(56)61-8)21-30-11-9-12-32(22-30)48(4)18-10-17-47(2,3)28-63(57,58)20-16-35-34-15-19-51-39(34)26-38(50)43(35)62-42-24-36(44-53-46(48)54-55(44)5)37(49)25-40(42)52-27-31-13-14-33(59-6)23-41(31)60-7/h9,11-15,19,22-26,29,51-52H,10,16-18,20-21,27-28H2,1-8H3/t29-,48-/m1/s1. The lowest BCUT2D eigenvalue weighted by molar-refractivity contribution is -0.144. The third-order valence-electron chi connectivity index (χ3n) is 12.1. The zero-order chi connectivity index (χ0) is 45.3. The maximum Gasteiger partial charge on any atom is 0.308 e. The number of nitrogens with zero attached hydrogens (tertiary/aromatic N) is 3. The van der Waals surface area contributed by atoms with Crippen LogP contribution < -0.4 is 14.8 Å². The number of H-pyrrole nitrogens is 1. The van der Waals surface area contributed by atoms with Gasteiger partial charge in [0.05, 0.1) is 60.3 Å². The number of fused-ring (bicyclic) bond motifs is 8. The van der Waals surface area contributed by atoms with Crippen LogP contribution in [0, 0.1) is 23.0 Å². The summed E-state index contributed by atoms with van der Waals surface area (Å²) in [4.78, 5) is 21.3. The van der Waals surface area contributed by atoms with E-state index < -0.39 is 32.3 Å². The Labute approximate surface area is 372 Å². The first-order valence-corrected chi connectivity index (χ1v) is 23.6. The summed E-state index contributed by atoms with van der Waals surface area (Å²) in [5, 5.41) is 9.03. The number of rotatable bonds is 9. The molecule has 0 saturated carbocycles. The van der Waals surface area contributed by atoms with Crippen molar-refractivity contribution in [3.05, 3.63) is 113 Å². The fraction of sp³-hybridized carbons (Fsp3) is 0.396. The first kappa shape index (κ1) is 45.6. The van der Waals surface area contributed by atoms with Gasteiger partial charge in [0, 0.05) is 47.2 Å². The third kappa shape index (κ3) is 9.89. The van der Waals surface area contributed by atoms with Crippen molar-refractivity contribution in [3.63, 3.8) is 0 Å². The molecule has 0 aliphatic carbocycles. The molecule has 0 saturated heterocycles. The van der Waals surface area contributed by atoms with E-state index in [1.165, 1.54) is 19.2 Å². The average Bonchev–Trinajstić information content (AvgIpc) is 3.88. The highest BCUT2D eigenvalue weighted by Crippen LogP contribution is 2.44. The summed E-state index contributed by atoms with van der Waals surface area (Å²) < 4.78 is 79.0. The van der Waals surface area contributed by atoms with E-state index in [1.807, 2.05) is 51.1 Å². The highest BCUT2D eigenvalue weighted by molar-refractivity contribution is 7.99. The normalized spacial score (nSPS) is 18.1.